The minimum atomic E-state index is 0.614. The van der Waals surface area contributed by atoms with Gasteiger partial charge in [-0.15, -0.1) is 0 Å². The van der Waals surface area contributed by atoms with Crippen molar-refractivity contribution in [3.8, 4) is 17.2 Å². The van der Waals surface area contributed by atoms with E-state index in [0.29, 0.717) is 13.2 Å². The standard InChI is InChI=1S/C19H19N3O2/c1-2-4-17(5-3-1)22-14-16(13-21-22)12-20-11-15-6-7-18-19(10-15)24-9-8-23-18/h1-7,10,13-14,20H,8-9,11-12H2. The van der Waals surface area contributed by atoms with Crippen LogP contribution >= 0.6 is 0 Å². The second-order valence-electron chi connectivity index (χ2n) is 5.71. The molecule has 0 radical (unpaired) electrons. The SMILES string of the molecule is c1ccc(-n2cc(CNCc3ccc4c(c3)OCCO4)cn2)cc1. The number of aromatic nitrogens is 2. The summed E-state index contributed by atoms with van der Waals surface area (Å²) < 4.78 is 13.0. The molecular weight excluding hydrogens is 302 g/mol. The van der Waals surface area contributed by atoms with E-state index in [0.717, 1.165) is 35.8 Å². The first-order valence-electron chi connectivity index (χ1n) is 8.07. The van der Waals surface area contributed by atoms with Gasteiger partial charge in [0, 0.05) is 24.8 Å². The van der Waals surface area contributed by atoms with Crippen LogP contribution in [-0.2, 0) is 13.1 Å². The zero-order valence-electron chi connectivity index (χ0n) is 13.3. The average molecular weight is 321 g/mol. The fraction of sp³-hybridized carbons (Fsp3) is 0.211. The molecule has 4 rings (SSSR count). The Morgan fingerprint density at radius 2 is 1.71 bits per heavy atom. The monoisotopic (exact) mass is 321 g/mol. The van der Waals surface area contributed by atoms with E-state index in [4.69, 9.17) is 9.47 Å². The highest BCUT2D eigenvalue weighted by Gasteiger charge is 2.11. The topological polar surface area (TPSA) is 48.3 Å². The van der Waals surface area contributed by atoms with E-state index in [1.165, 1.54) is 5.56 Å². The van der Waals surface area contributed by atoms with Crippen LogP contribution < -0.4 is 14.8 Å². The van der Waals surface area contributed by atoms with E-state index >= 15 is 0 Å². The average Bonchev–Trinajstić information content (AvgIpc) is 3.11. The number of nitrogens with zero attached hydrogens (tertiary/aromatic N) is 2. The van der Waals surface area contributed by atoms with E-state index in [1.807, 2.05) is 59.5 Å². The molecule has 0 aliphatic carbocycles. The highest BCUT2D eigenvalue weighted by molar-refractivity contribution is 5.43. The molecule has 5 heteroatoms. The molecule has 0 amide bonds. The number of fused-ring (bicyclic) bond motifs is 1. The van der Waals surface area contributed by atoms with Gasteiger partial charge >= 0.3 is 0 Å². The molecule has 1 aromatic heterocycles. The molecule has 0 saturated carbocycles. The molecule has 3 aromatic rings. The van der Waals surface area contributed by atoms with E-state index in [2.05, 4.69) is 16.5 Å². The van der Waals surface area contributed by atoms with E-state index in [1.54, 1.807) is 0 Å². The summed E-state index contributed by atoms with van der Waals surface area (Å²) in [6.07, 6.45) is 3.94. The molecule has 2 aromatic carbocycles. The molecule has 1 N–H and O–H groups in total. The second kappa shape index (κ2) is 6.76. The highest BCUT2D eigenvalue weighted by Crippen LogP contribution is 2.30. The predicted molar refractivity (Wildman–Crippen MR) is 91.5 cm³/mol. The van der Waals surface area contributed by atoms with Crippen LogP contribution in [0.5, 0.6) is 11.5 Å². The number of hydrogen-bond acceptors (Lipinski definition) is 4. The predicted octanol–water partition coefficient (Wildman–Crippen LogP) is 2.93. The smallest absolute Gasteiger partial charge is 0.161 e. The Kier molecular flexibility index (Phi) is 4.16. The van der Waals surface area contributed by atoms with Crippen LogP contribution in [0.4, 0.5) is 0 Å². The summed E-state index contributed by atoms with van der Waals surface area (Å²) in [6, 6.07) is 16.2. The summed E-state index contributed by atoms with van der Waals surface area (Å²) in [7, 11) is 0. The third kappa shape index (κ3) is 3.26. The van der Waals surface area contributed by atoms with E-state index < -0.39 is 0 Å². The molecule has 122 valence electrons. The zero-order valence-corrected chi connectivity index (χ0v) is 13.3. The maximum Gasteiger partial charge on any atom is 0.161 e. The van der Waals surface area contributed by atoms with Crippen molar-refractivity contribution in [2.75, 3.05) is 13.2 Å². The Hall–Kier alpha value is -2.79. The zero-order chi connectivity index (χ0) is 16.2. The van der Waals surface area contributed by atoms with Crippen LogP contribution in [-0.4, -0.2) is 23.0 Å². The highest BCUT2D eigenvalue weighted by atomic mass is 16.6. The van der Waals surface area contributed by atoms with Gasteiger partial charge in [-0.05, 0) is 29.8 Å². The molecule has 0 spiro atoms. The molecule has 5 nitrogen and oxygen atoms in total. The third-order valence-electron chi connectivity index (χ3n) is 3.92. The van der Waals surface area contributed by atoms with Crippen molar-refractivity contribution in [1.29, 1.82) is 0 Å². The summed E-state index contributed by atoms with van der Waals surface area (Å²) in [5, 5.41) is 7.85. The first-order valence-corrected chi connectivity index (χ1v) is 8.07. The Morgan fingerprint density at radius 1 is 0.917 bits per heavy atom. The normalized spacial score (nSPS) is 13.0. The van der Waals surface area contributed by atoms with E-state index in [-0.39, 0.29) is 0 Å². The number of hydrogen-bond donors (Lipinski definition) is 1. The van der Waals surface area contributed by atoms with Crippen molar-refractivity contribution in [3.63, 3.8) is 0 Å². The minimum Gasteiger partial charge on any atom is -0.486 e. The van der Waals surface area contributed by atoms with Crippen molar-refractivity contribution in [2.45, 2.75) is 13.1 Å². The lowest BCUT2D eigenvalue weighted by Crippen LogP contribution is -2.16. The quantitative estimate of drug-likeness (QED) is 0.785. The van der Waals surface area contributed by atoms with Crippen molar-refractivity contribution in [3.05, 3.63) is 72.1 Å². The number of nitrogens with one attached hydrogen (secondary N) is 1. The number of para-hydroxylation sites is 1. The van der Waals surface area contributed by atoms with Gasteiger partial charge in [0.25, 0.3) is 0 Å². The van der Waals surface area contributed by atoms with Crippen LogP contribution in [0.2, 0.25) is 0 Å². The van der Waals surface area contributed by atoms with Gasteiger partial charge in [0.05, 0.1) is 11.9 Å². The van der Waals surface area contributed by atoms with Gasteiger partial charge in [-0.1, -0.05) is 24.3 Å². The van der Waals surface area contributed by atoms with Crippen molar-refractivity contribution >= 4 is 0 Å². The van der Waals surface area contributed by atoms with Crippen LogP contribution in [0, 0.1) is 0 Å². The second-order valence-corrected chi connectivity index (χ2v) is 5.71. The van der Waals surface area contributed by atoms with E-state index in [9.17, 15) is 0 Å². The van der Waals surface area contributed by atoms with Gasteiger partial charge in [0.1, 0.15) is 13.2 Å². The van der Waals surface area contributed by atoms with Gasteiger partial charge < -0.3 is 14.8 Å². The molecule has 2 heterocycles. The molecule has 0 bridgehead atoms. The molecule has 0 saturated heterocycles. The van der Waals surface area contributed by atoms with Gasteiger partial charge in [0.15, 0.2) is 11.5 Å². The first kappa shape index (κ1) is 14.8. The first-order chi connectivity index (χ1) is 11.9. The lowest BCUT2D eigenvalue weighted by atomic mass is 10.2. The van der Waals surface area contributed by atoms with Crippen LogP contribution in [0.1, 0.15) is 11.1 Å². The fourth-order valence-electron chi connectivity index (χ4n) is 2.72. The van der Waals surface area contributed by atoms with Crippen molar-refractivity contribution in [1.82, 2.24) is 15.1 Å². The fourth-order valence-corrected chi connectivity index (χ4v) is 2.72. The molecule has 1 aliphatic rings. The van der Waals surface area contributed by atoms with Gasteiger partial charge in [0.2, 0.25) is 0 Å². The lowest BCUT2D eigenvalue weighted by Gasteiger charge is -2.18. The molecule has 24 heavy (non-hydrogen) atoms. The lowest BCUT2D eigenvalue weighted by molar-refractivity contribution is 0.171. The number of benzene rings is 2. The third-order valence-corrected chi connectivity index (χ3v) is 3.92. The summed E-state index contributed by atoms with van der Waals surface area (Å²) >= 11 is 0. The maximum absolute atomic E-state index is 5.61. The Labute approximate surface area is 140 Å². The number of ether oxygens (including phenoxy) is 2. The van der Waals surface area contributed by atoms with Gasteiger partial charge in [-0.2, -0.15) is 5.10 Å². The summed E-state index contributed by atoms with van der Waals surface area (Å²) in [5.41, 5.74) is 3.39. The van der Waals surface area contributed by atoms with Crippen molar-refractivity contribution in [2.24, 2.45) is 0 Å². The summed E-state index contributed by atoms with van der Waals surface area (Å²) in [4.78, 5) is 0. The summed E-state index contributed by atoms with van der Waals surface area (Å²) in [6.45, 7) is 2.77. The van der Waals surface area contributed by atoms with Gasteiger partial charge in [-0.25, -0.2) is 4.68 Å². The van der Waals surface area contributed by atoms with Crippen LogP contribution in [0.25, 0.3) is 5.69 Å². The Balaban J connectivity index is 1.35. The van der Waals surface area contributed by atoms with Crippen LogP contribution in [0.3, 0.4) is 0 Å². The minimum absolute atomic E-state index is 0.614. The molecule has 0 fully saturated rings. The largest absolute Gasteiger partial charge is 0.486 e. The molecule has 0 atom stereocenters. The van der Waals surface area contributed by atoms with Crippen molar-refractivity contribution < 1.29 is 9.47 Å². The van der Waals surface area contributed by atoms with Gasteiger partial charge in [-0.3, -0.25) is 0 Å². The Morgan fingerprint density at radius 3 is 2.58 bits per heavy atom. The molecular formula is C19H19N3O2. The number of rotatable bonds is 5. The molecule has 1 aliphatic heterocycles. The van der Waals surface area contributed by atoms with Crippen LogP contribution in [0.15, 0.2) is 60.9 Å². The molecule has 0 unspecified atom stereocenters. The summed E-state index contributed by atoms with van der Waals surface area (Å²) in [5.74, 6) is 1.66. The maximum atomic E-state index is 5.61. The Bertz CT molecular complexity index is 814.